The van der Waals surface area contributed by atoms with Crippen molar-refractivity contribution in [3.63, 3.8) is 0 Å². The number of H-pyrrole nitrogens is 1. The highest BCUT2D eigenvalue weighted by Gasteiger charge is 2.46. The molecule has 2 nitrogen and oxygen atoms in total. The van der Waals surface area contributed by atoms with Crippen LogP contribution >= 0.6 is 11.8 Å². The van der Waals surface area contributed by atoms with Gasteiger partial charge in [0.15, 0.2) is 0 Å². The fourth-order valence-corrected chi connectivity index (χ4v) is 5.05. The zero-order valence-corrected chi connectivity index (χ0v) is 12.7. The number of nitrogens with one attached hydrogen (secondary N) is 2. The number of fused-ring (bicyclic) bond motifs is 5. The molecular formula is C15H19ClN2S. The molecule has 2 aliphatic rings. The van der Waals surface area contributed by atoms with Gasteiger partial charge < -0.3 is 22.3 Å². The third kappa shape index (κ3) is 1.83. The summed E-state index contributed by atoms with van der Waals surface area (Å²) in [4.78, 5) is 7.02. The first-order chi connectivity index (χ1) is 8.79. The van der Waals surface area contributed by atoms with E-state index in [9.17, 15) is 0 Å². The summed E-state index contributed by atoms with van der Waals surface area (Å²) in [6, 6.07) is 8.76. The number of benzene rings is 1. The van der Waals surface area contributed by atoms with Gasteiger partial charge in [-0.2, -0.15) is 0 Å². The van der Waals surface area contributed by atoms with Gasteiger partial charge in [0, 0.05) is 34.4 Å². The Labute approximate surface area is 124 Å². The number of para-hydroxylation sites is 1. The predicted octanol–water partition coefficient (Wildman–Crippen LogP) is -0.828. The largest absolute Gasteiger partial charge is 1.00 e. The van der Waals surface area contributed by atoms with Crippen molar-refractivity contribution < 1.29 is 17.3 Å². The molecule has 1 fully saturated rings. The van der Waals surface area contributed by atoms with Gasteiger partial charge in [-0.25, -0.2) is 0 Å². The van der Waals surface area contributed by atoms with E-state index in [-0.39, 0.29) is 12.4 Å². The van der Waals surface area contributed by atoms with E-state index in [2.05, 4.69) is 36.2 Å². The van der Waals surface area contributed by atoms with E-state index in [1.807, 2.05) is 11.8 Å². The van der Waals surface area contributed by atoms with Crippen LogP contribution in [0.25, 0.3) is 10.9 Å². The molecule has 2 N–H and O–H groups in total. The van der Waals surface area contributed by atoms with Crippen molar-refractivity contribution in [2.24, 2.45) is 0 Å². The maximum atomic E-state index is 3.73. The molecule has 1 aromatic carbocycles. The number of aromatic amines is 1. The van der Waals surface area contributed by atoms with E-state index in [4.69, 9.17) is 0 Å². The Morgan fingerprint density at radius 3 is 3.00 bits per heavy atom. The normalized spacial score (nSPS) is 29.4. The summed E-state index contributed by atoms with van der Waals surface area (Å²) in [5.41, 5.74) is 3.13. The Morgan fingerprint density at radius 2 is 2.11 bits per heavy atom. The minimum Gasteiger partial charge on any atom is -1.00 e. The highest BCUT2D eigenvalue weighted by atomic mass is 35.5. The molecule has 0 amide bonds. The van der Waals surface area contributed by atoms with Crippen molar-refractivity contribution in [3.8, 4) is 0 Å². The fourth-order valence-electron chi connectivity index (χ4n) is 3.74. The zero-order valence-electron chi connectivity index (χ0n) is 11.1. The predicted molar refractivity (Wildman–Crippen MR) is 76.3 cm³/mol. The number of halogens is 1. The molecule has 4 rings (SSSR count). The molecule has 0 spiro atoms. The van der Waals surface area contributed by atoms with Crippen LogP contribution in [-0.2, 0) is 5.54 Å². The summed E-state index contributed by atoms with van der Waals surface area (Å²) in [5.74, 6) is 1.25. The molecule has 0 aliphatic carbocycles. The van der Waals surface area contributed by atoms with Gasteiger partial charge in [0.2, 0.25) is 0 Å². The molecule has 0 bridgehead atoms. The van der Waals surface area contributed by atoms with Gasteiger partial charge in [-0.3, -0.25) is 0 Å². The summed E-state index contributed by atoms with van der Waals surface area (Å²) < 4.78 is 0. The molecule has 2 aromatic rings. The summed E-state index contributed by atoms with van der Waals surface area (Å²) in [7, 11) is 0. The summed E-state index contributed by atoms with van der Waals surface area (Å²) >= 11 is 2.05. The lowest BCUT2D eigenvalue weighted by Crippen LogP contribution is -3.16. The second kappa shape index (κ2) is 4.72. The molecule has 102 valence electrons. The Kier molecular flexibility index (Phi) is 3.32. The maximum Gasteiger partial charge on any atom is 0.137 e. The molecule has 0 radical (unpaired) electrons. The van der Waals surface area contributed by atoms with Gasteiger partial charge in [-0.15, -0.1) is 11.8 Å². The highest BCUT2D eigenvalue weighted by molar-refractivity contribution is 7.99. The number of hydrogen-bond acceptors (Lipinski definition) is 1. The Balaban J connectivity index is 0.00000110. The van der Waals surface area contributed by atoms with E-state index in [0.29, 0.717) is 5.54 Å². The van der Waals surface area contributed by atoms with Crippen LogP contribution in [0, 0.1) is 0 Å². The molecule has 1 saturated heterocycles. The molecule has 0 saturated carbocycles. The molecule has 2 atom stereocenters. The van der Waals surface area contributed by atoms with Gasteiger partial charge >= 0.3 is 0 Å². The molecule has 1 aromatic heterocycles. The summed E-state index contributed by atoms with van der Waals surface area (Å²) in [5, 5.41) is 1.42. The highest BCUT2D eigenvalue weighted by Crippen LogP contribution is 2.40. The molecular weight excluding hydrogens is 276 g/mol. The standard InChI is InChI=1S/C15H18N2S.ClH/c1-15-7-4-8-17(15)9-10-18-13-11-5-2-3-6-12(11)16-14(13)15;/h2-3,5-6,16H,4,7-10H2,1H3;1H. The average molecular weight is 295 g/mol. The molecule has 4 heteroatoms. The van der Waals surface area contributed by atoms with Crippen molar-refractivity contribution in [2.45, 2.75) is 30.2 Å². The quantitative estimate of drug-likeness (QED) is 0.650. The smallest absolute Gasteiger partial charge is 0.137 e. The van der Waals surface area contributed by atoms with E-state index < -0.39 is 0 Å². The van der Waals surface area contributed by atoms with Crippen LogP contribution in [0.1, 0.15) is 25.5 Å². The Hall–Kier alpha value is -0.640. The van der Waals surface area contributed by atoms with Crippen LogP contribution < -0.4 is 17.3 Å². The minimum absolute atomic E-state index is 0. The van der Waals surface area contributed by atoms with Crippen molar-refractivity contribution >= 4 is 22.7 Å². The molecule has 2 aliphatic heterocycles. The minimum atomic E-state index is 0. The lowest BCUT2D eigenvalue weighted by molar-refractivity contribution is -0.943. The zero-order chi connectivity index (χ0) is 12.2. The first-order valence-electron chi connectivity index (χ1n) is 6.88. The van der Waals surface area contributed by atoms with Gasteiger partial charge in [-0.05, 0) is 13.0 Å². The van der Waals surface area contributed by atoms with Crippen LogP contribution in [0.15, 0.2) is 29.2 Å². The Morgan fingerprint density at radius 1 is 1.26 bits per heavy atom. The lowest BCUT2D eigenvalue weighted by Gasteiger charge is -2.29. The number of aromatic nitrogens is 1. The van der Waals surface area contributed by atoms with Crippen LogP contribution in [0.3, 0.4) is 0 Å². The SMILES string of the molecule is CC12CCC[NH+]1CCSc1c2[nH]c2ccccc12.[Cl-]. The lowest BCUT2D eigenvalue weighted by atomic mass is 9.94. The molecule has 3 heterocycles. The average Bonchev–Trinajstić information content (AvgIpc) is 2.90. The van der Waals surface area contributed by atoms with Crippen molar-refractivity contribution in [1.82, 2.24) is 4.98 Å². The van der Waals surface area contributed by atoms with Crippen LogP contribution in [0.4, 0.5) is 0 Å². The van der Waals surface area contributed by atoms with Crippen LogP contribution in [0.5, 0.6) is 0 Å². The van der Waals surface area contributed by atoms with E-state index >= 15 is 0 Å². The first-order valence-corrected chi connectivity index (χ1v) is 7.87. The van der Waals surface area contributed by atoms with Crippen molar-refractivity contribution in [3.05, 3.63) is 30.0 Å². The summed E-state index contributed by atoms with van der Waals surface area (Å²) in [6.45, 7) is 5.10. The fraction of sp³-hybridized carbons (Fsp3) is 0.467. The number of thioether (sulfide) groups is 1. The monoisotopic (exact) mass is 294 g/mol. The van der Waals surface area contributed by atoms with Gasteiger partial charge in [0.05, 0.1) is 18.8 Å². The van der Waals surface area contributed by atoms with Gasteiger partial charge in [0.1, 0.15) is 5.54 Å². The number of rotatable bonds is 0. The van der Waals surface area contributed by atoms with E-state index in [1.165, 1.54) is 53.2 Å². The third-order valence-corrected chi connectivity index (χ3v) is 5.92. The second-order valence-corrected chi connectivity index (χ2v) is 6.87. The topological polar surface area (TPSA) is 20.2 Å². The van der Waals surface area contributed by atoms with E-state index in [1.54, 1.807) is 4.90 Å². The van der Waals surface area contributed by atoms with Gasteiger partial charge in [0.25, 0.3) is 0 Å². The molecule has 19 heavy (non-hydrogen) atoms. The van der Waals surface area contributed by atoms with Crippen LogP contribution in [-0.4, -0.2) is 23.8 Å². The third-order valence-electron chi connectivity index (χ3n) is 4.80. The second-order valence-electron chi connectivity index (χ2n) is 5.76. The van der Waals surface area contributed by atoms with Crippen LogP contribution in [0.2, 0.25) is 0 Å². The molecule has 2 unspecified atom stereocenters. The number of hydrogen-bond donors (Lipinski definition) is 2. The van der Waals surface area contributed by atoms with E-state index in [0.717, 1.165) is 0 Å². The maximum absolute atomic E-state index is 3.73. The Bertz CT molecular complexity index is 609. The summed E-state index contributed by atoms with van der Waals surface area (Å²) in [6.07, 6.45) is 2.69. The van der Waals surface area contributed by atoms with Crippen molar-refractivity contribution in [1.29, 1.82) is 0 Å². The first kappa shape index (κ1) is 13.3. The number of quaternary nitrogens is 1. The van der Waals surface area contributed by atoms with Crippen molar-refractivity contribution in [2.75, 3.05) is 18.8 Å². The van der Waals surface area contributed by atoms with Gasteiger partial charge in [-0.1, -0.05) is 18.2 Å².